The standard InChI is InChI=1S/C25H26N2O4S/c1-18-16-21-17-20(12-13-23(21)27(18)32(2,29)30)25(28)26-14-15-31-24-11-7-6-10-22(24)19-8-4-3-5-9-19/h3-13,17-18H,14-16H2,1-2H3,(H,26,28). The molecule has 1 atom stereocenters. The van der Waals surface area contributed by atoms with Gasteiger partial charge >= 0.3 is 0 Å². The first-order valence-corrected chi connectivity index (χ1v) is 12.4. The predicted octanol–water partition coefficient (Wildman–Crippen LogP) is 3.87. The molecule has 3 aromatic rings. The van der Waals surface area contributed by atoms with Gasteiger partial charge in [0.05, 0.1) is 18.5 Å². The first kappa shape index (κ1) is 21.9. The SMILES string of the molecule is CC1Cc2cc(C(=O)NCCOc3ccccc3-c3ccccc3)ccc2N1S(C)(=O)=O. The van der Waals surface area contributed by atoms with Crippen LogP contribution in [0, 0.1) is 0 Å². The van der Waals surface area contributed by atoms with E-state index in [1.165, 1.54) is 10.6 Å². The minimum Gasteiger partial charge on any atom is -0.491 e. The quantitative estimate of drug-likeness (QED) is 0.555. The number of fused-ring (bicyclic) bond motifs is 1. The number of nitrogens with one attached hydrogen (secondary N) is 1. The molecule has 1 unspecified atom stereocenters. The number of carbonyl (C=O) groups is 1. The molecule has 1 heterocycles. The molecule has 1 amide bonds. The van der Waals surface area contributed by atoms with Gasteiger partial charge in [-0.3, -0.25) is 9.10 Å². The lowest BCUT2D eigenvalue weighted by atomic mass is 10.1. The normalized spacial score (nSPS) is 15.3. The Labute approximate surface area is 188 Å². The first-order valence-electron chi connectivity index (χ1n) is 10.5. The van der Waals surface area contributed by atoms with Gasteiger partial charge in [0.25, 0.3) is 5.91 Å². The number of sulfonamides is 1. The largest absolute Gasteiger partial charge is 0.491 e. The second kappa shape index (κ2) is 9.04. The number of anilines is 1. The van der Waals surface area contributed by atoms with Crippen molar-refractivity contribution in [3.8, 4) is 16.9 Å². The number of benzene rings is 3. The molecule has 166 valence electrons. The molecular formula is C25H26N2O4S. The smallest absolute Gasteiger partial charge is 0.251 e. The summed E-state index contributed by atoms with van der Waals surface area (Å²) in [7, 11) is -3.35. The predicted molar refractivity (Wildman–Crippen MR) is 127 cm³/mol. The van der Waals surface area contributed by atoms with E-state index in [1.54, 1.807) is 18.2 Å². The number of hydrogen-bond acceptors (Lipinski definition) is 4. The summed E-state index contributed by atoms with van der Waals surface area (Å²) in [4.78, 5) is 12.6. The van der Waals surface area contributed by atoms with E-state index in [9.17, 15) is 13.2 Å². The van der Waals surface area contributed by atoms with Crippen molar-refractivity contribution in [2.45, 2.75) is 19.4 Å². The Morgan fingerprint density at radius 3 is 2.53 bits per heavy atom. The molecule has 0 aliphatic carbocycles. The minimum absolute atomic E-state index is 0.156. The highest BCUT2D eigenvalue weighted by atomic mass is 32.2. The van der Waals surface area contributed by atoms with Gasteiger partial charge in [0.1, 0.15) is 12.4 Å². The van der Waals surface area contributed by atoms with E-state index in [0.717, 1.165) is 22.4 Å². The van der Waals surface area contributed by atoms with Crippen LogP contribution in [0.5, 0.6) is 5.75 Å². The van der Waals surface area contributed by atoms with Gasteiger partial charge in [-0.1, -0.05) is 48.5 Å². The molecule has 6 nitrogen and oxygen atoms in total. The van der Waals surface area contributed by atoms with Crippen molar-refractivity contribution in [2.75, 3.05) is 23.7 Å². The Kier molecular flexibility index (Phi) is 6.19. The summed E-state index contributed by atoms with van der Waals surface area (Å²) in [6.45, 7) is 2.55. The van der Waals surface area contributed by atoms with Crippen LogP contribution in [0.25, 0.3) is 11.1 Å². The fourth-order valence-corrected chi connectivity index (χ4v) is 5.39. The maximum absolute atomic E-state index is 12.6. The molecule has 0 bridgehead atoms. The van der Waals surface area contributed by atoms with Crippen LogP contribution < -0.4 is 14.4 Å². The van der Waals surface area contributed by atoms with Crippen molar-refractivity contribution in [2.24, 2.45) is 0 Å². The lowest BCUT2D eigenvalue weighted by molar-refractivity contribution is 0.0947. The van der Waals surface area contributed by atoms with Gasteiger partial charge in [-0.15, -0.1) is 0 Å². The fourth-order valence-electron chi connectivity index (χ4n) is 4.13. The molecule has 0 aromatic heterocycles. The number of nitrogens with zero attached hydrogens (tertiary/aromatic N) is 1. The molecule has 4 rings (SSSR count). The van der Waals surface area contributed by atoms with Crippen LogP contribution in [0.3, 0.4) is 0 Å². The van der Waals surface area contributed by atoms with Crippen LogP contribution in [0.2, 0.25) is 0 Å². The lowest BCUT2D eigenvalue weighted by Crippen LogP contribution is -2.34. The molecule has 1 aliphatic heterocycles. The summed E-state index contributed by atoms with van der Waals surface area (Å²) in [6.07, 6.45) is 1.79. The third-order valence-corrected chi connectivity index (χ3v) is 6.74. The van der Waals surface area contributed by atoms with Gasteiger partial charge in [-0.05, 0) is 48.7 Å². The van der Waals surface area contributed by atoms with Crippen molar-refractivity contribution in [3.05, 3.63) is 83.9 Å². The van der Waals surface area contributed by atoms with Gasteiger partial charge in [0.2, 0.25) is 10.0 Å². The van der Waals surface area contributed by atoms with Crippen LogP contribution in [0.1, 0.15) is 22.8 Å². The summed E-state index contributed by atoms with van der Waals surface area (Å²) in [5, 5.41) is 2.88. The molecule has 3 aromatic carbocycles. The maximum atomic E-state index is 12.6. The van der Waals surface area contributed by atoms with E-state index in [4.69, 9.17) is 4.74 Å². The number of amides is 1. The highest BCUT2D eigenvalue weighted by Gasteiger charge is 2.32. The third kappa shape index (κ3) is 4.62. The van der Waals surface area contributed by atoms with Crippen molar-refractivity contribution >= 4 is 21.6 Å². The van der Waals surface area contributed by atoms with Crippen LogP contribution in [-0.2, 0) is 16.4 Å². The van der Waals surface area contributed by atoms with E-state index in [0.29, 0.717) is 30.8 Å². The summed E-state index contributed by atoms with van der Waals surface area (Å²) in [6, 6.07) is 22.8. The van der Waals surface area contributed by atoms with E-state index in [-0.39, 0.29) is 11.9 Å². The molecule has 1 aliphatic rings. The van der Waals surface area contributed by atoms with Crippen molar-refractivity contribution in [3.63, 3.8) is 0 Å². The van der Waals surface area contributed by atoms with Crippen LogP contribution >= 0.6 is 0 Å². The van der Waals surface area contributed by atoms with Gasteiger partial charge in [0, 0.05) is 17.2 Å². The Balaban J connectivity index is 1.37. The van der Waals surface area contributed by atoms with Gasteiger partial charge in [0.15, 0.2) is 0 Å². The lowest BCUT2D eigenvalue weighted by Gasteiger charge is -2.21. The summed E-state index contributed by atoms with van der Waals surface area (Å²) >= 11 is 0. The molecule has 0 fully saturated rings. The van der Waals surface area contributed by atoms with E-state index >= 15 is 0 Å². The van der Waals surface area contributed by atoms with Gasteiger partial charge in [-0.25, -0.2) is 8.42 Å². The monoisotopic (exact) mass is 450 g/mol. The highest BCUT2D eigenvalue weighted by Crippen LogP contribution is 2.34. The fraction of sp³-hybridized carbons (Fsp3) is 0.240. The molecule has 1 N–H and O–H groups in total. The average molecular weight is 451 g/mol. The second-order valence-corrected chi connectivity index (χ2v) is 9.78. The maximum Gasteiger partial charge on any atom is 0.251 e. The van der Waals surface area contributed by atoms with Gasteiger partial charge in [-0.2, -0.15) is 0 Å². The summed E-state index contributed by atoms with van der Waals surface area (Å²) < 4.78 is 31.5. The van der Waals surface area contributed by atoms with Crippen molar-refractivity contribution in [1.82, 2.24) is 5.32 Å². The van der Waals surface area contributed by atoms with E-state index in [2.05, 4.69) is 5.32 Å². The van der Waals surface area contributed by atoms with Gasteiger partial charge < -0.3 is 10.1 Å². The molecule has 0 spiro atoms. The number of hydrogen-bond donors (Lipinski definition) is 1. The van der Waals surface area contributed by atoms with Crippen LogP contribution in [-0.4, -0.2) is 39.8 Å². The zero-order valence-corrected chi connectivity index (χ0v) is 18.9. The van der Waals surface area contributed by atoms with Crippen molar-refractivity contribution in [1.29, 1.82) is 0 Å². The molecule has 0 radical (unpaired) electrons. The number of para-hydroxylation sites is 1. The summed E-state index contributed by atoms with van der Waals surface area (Å²) in [5.74, 6) is 0.554. The zero-order valence-electron chi connectivity index (χ0n) is 18.1. The van der Waals surface area contributed by atoms with Crippen LogP contribution in [0.15, 0.2) is 72.8 Å². The first-order chi connectivity index (χ1) is 15.3. The molecule has 0 saturated heterocycles. The minimum atomic E-state index is -3.35. The Hall–Kier alpha value is -3.32. The Bertz CT molecular complexity index is 1230. The van der Waals surface area contributed by atoms with Crippen molar-refractivity contribution < 1.29 is 17.9 Å². The summed E-state index contributed by atoms with van der Waals surface area (Å²) in [5.41, 5.74) is 4.10. The number of carbonyl (C=O) groups excluding carboxylic acids is 1. The molecule has 32 heavy (non-hydrogen) atoms. The van der Waals surface area contributed by atoms with E-state index < -0.39 is 10.0 Å². The number of rotatable bonds is 7. The molecule has 0 saturated carbocycles. The average Bonchev–Trinajstić information content (AvgIpc) is 3.12. The molecule has 7 heteroatoms. The van der Waals surface area contributed by atoms with E-state index in [1.807, 2.05) is 61.5 Å². The zero-order chi connectivity index (χ0) is 22.7. The Morgan fingerprint density at radius 2 is 1.78 bits per heavy atom. The highest BCUT2D eigenvalue weighted by molar-refractivity contribution is 7.92. The van der Waals surface area contributed by atoms with Crippen LogP contribution in [0.4, 0.5) is 5.69 Å². The molecular weight excluding hydrogens is 424 g/mol. The Morgan fingerprint density at radius 1 is 1.06 bits per heavy atom. The topological polar surface area (TPSA) is 75.7 Å². The second-order valence-electron chi connectivity index (χ2n) is 7.92. The third-order valence-electron chi connectivity index (χ3n) is 5.47. The number of ether oxygens (including phenoxy) is 1.